The van der Waals surface area contributed by atoms with Crippen molar-refractivity contribution in [2.45, 2.75) is 19.5 Å². The third-order valence-corrected chi connectivity index (χ3v) is 3.02. The molecule has 0 aliphatic carbocycles. The van der Waals surface area contributed by atoms with E-state index in [-0.39, 0.29) is 12.1 Å². The molecule has 2 N–H and O–H groups in total. The summed E-state index contributed by atoms with van der Waals surface area (Å²) in [5.41, 5.74) is 1.52. The highest BCUT2D eigenvalue weighted by molar-refractivity contribution is 5.74. The number of aryl methyl sites for hydroxylation is 1. The molecular formula is C14H16N6O. The number of hydrogen-bond acceptors (Lipinski definition) is 4. The molecule has 21 heavy (non-hydrogen) atoms. The molecule has 0 fully saturated rings. The molecule has 0 bridgehead atoms. The number of hydrogen-bond donors (Lipinski definition) is 2. The minimum Gasteiger partial charge on any atom is -0.334 e. The Morgan fingerprint density at radius 2 is 2.14 bits per heavy atom. The van der Waals surface area contributed by atoms with Gasteiger partial charge in [0.1, 0.15) is 6.33 Å². The Morgan fingerprint density at radius 1 is 1.43 bits per heavy atom. The van der Waals surface area contributed by atoms with Crippen LogP contribution < -0.4 is 10.6 Å². The molecule has 2 amide bonds. The van der Waals surface area contributed by atoms with Gasteiger partial charge in [-0.15, -0.1) is 10.2 Å². The molecule has 1 aromatic heterocycles. The molecule has 0 radical (unpaired) electrons. The summed E-state index contributed by atoms with van der Waals surface area (Å²) in [5, 5.41) is 22.0. The molecule has 0 saturated heterocycles. The third kappa shape index (κ3) is 3.79. The van der Waals surface area contributed by atoms with Crippen molar-refractivity contribution in [1.82, 2.24) is 25.4 Å². The summed E-state index contributed by atoms with van der Waals surface area (Å²) in [6.07, 6.45) is 1.59. The molecule has 2 rings (SSSR count). The quantitative estimate of drug-likeness (QED) is 0.883. The molecule has 0 aliphatic heterocycles. The van der Waals surface area contributed by atoms with E-state index < -0.39 is 0 Å². The van der Waals surface area contributed by atoms with Crippen LogP contribution in [0.4, 0.5) is 4.79 Å². The number of rotatable bonds is 4. The van der Waals surface area contributed by atoms with Crippen LogP contribution in [0.1, 0.15) is 29.9 Å². The van der Waals surface area contributed by atoms with Gasteiger partial charge in [0.2, 0.25) is 0 Å². The predicted octanol–water partition coefficient (Wildman–Crippen LogP) is 1.25. The van der Waals surface area contributed by atoms with E-state index in [1.54, 1.807) is 23.0 Å². The number of nitrogens with zero attached hydrogens (tertiary/aromatic N) is 4. The lowest BCUT2D eigenvalue weighted by Crippen LogP contribution is -2.37. The number of carbonyl (C=O) groups excluding carboxylic acids is 1. The van der Waals surface area contributed by atoms with Crippen molar-refractivity contribution in [1.29, 1.82) is 5.26 Å². The van der Waals surface area contributed by atoms with Crippen LogP contribution in [0.15, 0.2) is 30.6 Å². The maximum absolute atomic E-state index is 11.8. The average Bonchev–Trinajstić information content (AvgIpc) is 2.92. The molecule has 1 atom stereocenters. The zero-order valence-electron chi connectivity index (χ0n) is 11.9. The largest absolute Gasteiger partial charge is 0.334 e. The minimum atomic E-state index is -0.283. The minimum absolute atomic E-state index is 0.238. The lowest BCUT2D eigenvalue weighted by atomic mass is 10.1. The number of nitrogens with one attached hydrogen (secondary N) is 2. The van der Waals surface area contributed by atoms with Gasteiger partial charge in [-0.2, -0.15) is 5.26 Å². The van der Waals surface area contributed by atoms with Crippen LogP contribution in [0.25, 0.3) is 0 Å². The predicted molar refractivity (Wildman–Crippen MR) is 75.9 cm³/mol. The second-order valence-corrected chi connectivity index (χ2v) is 4.66. The normalized spacial score (nSPS) is 11.5. The fourth-order valence-electron chi connectivity index (χ4n) is 1.88. The molecule has 108 valence electrons. The zero-order chi connectivity index (χ0) is 15.2. The molecule has 0 aliphatic rings. The summed E-state index contributed by atoms with van der Waals surface area (Å²) in [5.74, 6) is 0.684. The maximum atomic E-state index is 11.8. The molecule has 7 heteroatoms. The number of amides is 2. The highest BCUT2D eigenvalue weighted by Gasteiger charge is 2.13. The smallest absolute Gasteiger partial charge is 0.315 e. The Labute approximate surface area is 122 Å². The van der Waals surface area contributed by atoms with E-state index in [1.807, 2.05) is 26.1 Å². The van der Waals surface area contributed by atoms with Crippen LogP contribution in [0.2, 0.25) is 0 Å². The van der Waals surface area contributed by atoms with Crippen molar-refractivity contribution in [3.63, 3.8) is 0 Å². The summed E-state index contributed by atoms with van der Waals surface area (Å²) in [6, 6.07) is 8.59. The van der Waals surface area contributed by atoms with E-state index in [9.17, 15) is 4.79 Å². The van der Waals surface area contributed by atoms with Crippen molar-refractivity contribution in [3.8, 4) is 6.07 Å². The van der Waals surface area contributed by atoms with Crippen LogP contribution in [0, 0.1) is 11.3 Å². The molecule has 0 spiro atoms. The van der Waals surface area contributed by atoms with Crippen molar-refractivity contribution in [2.24, 2.45) is 7.05 Å². The van der Waals surface area contributed by atoms with Crippen molar-refractivity contribution >= 4 is 6.03 Å². The Bertz CT molecular complexity index is 655. The first-order valence-corrected chi connectivity index (χ1v) is 6.47. The lowest BCUT2D eigenvalue weighted by molar-refractivity contribution is 0.237. The van der Waals surface area contributed by atoms with Gasteiger partial charge in [0.15, 0.2) is 5.82 Å². The first-order valence-electron chi connectivity index (χ1n) is 6.47. The second kappa shape index (κ2) is 6.52. The first kappa shape index (κ1) is 14.5. The molecule has 1 aromatic carbocycles. The van der Waals surface area contributed by atoms with Gasteiger partial charge in [-0.1, -0.05) is 12.1 Å². The van der Waals surface area contributed by atoms with Gasteiger partial charge in [-0.05, 0) is 24.6 Å². The number of aromatic nitrogens is 3. The fourth-order valence-corrected chi connectivity index (χ4v) is 1.88. The summed E-state index contributed by atoms with van der Waals surface area (Å²) in [4.78, 5) is 11.8. The number of carbonyl (C=O) groups is 1. The summed E-state index contributed by atoms with van der Waals surface area (Å²) in [7, 11) is 1.82. The van der Waals surface area contributed by atoms with Crippen LogP contribution in [0.3, 0.4) is 0 Å². The van der Waals surface area contributed by atoms with Crippen LogP contribution >= 0.6 is 0 Å². The topological polar surface area (TPSA) is 95.6 Å². The first-order chi connectivity index (χ1) is 10.1. The maximum Gasteiger partial charge on any atom is 0.315 e. The standard InChI is InChI=1S/C14H16N6O/c1-10(13-19-17-9-20(13)2)18-14(21)16-8-12-5-3-11(7-15)4-6-12/h3-6,9-10H,8H2,1-2H3,(H2,16,18,21)/t10-/m1/s1. The third-order valence-electron chi connectivity index (χ3n) is 3.02. The molecular weight excluding hydrogens is 268 g/mol. The lowest BCUT2D eigenvalue weighted by Gasteiger charge is -2.13. The van der Waals surface area contributed by atoms with E-state index in [2.05, 4.69) is 26.9 Å². The Morgan fingerprint density at radius 3 is 2.71 bits per heavy atom. The SMILES string of the molecule is C[C@@H](NC(=O)NCc1ccc(C#N)cc1)c1nncn1C. The Kier molecular flexibility index (Phi) is 4.51. The van der Waals surface area contributed by atoms with Gasteiger partial charge in [0, 0.05) is 13.6 Å². The van der Waals surface area contributed by atoms with Crippen LogP contribution in [-0.2, 0) is 13.6 Å². The van der Waals surface area contributed by atoms with Crippen molar-refractivity contribution in [2.75, 3.05) is 0 Å². The summed E-state index contributed by atoms with van der Waals surface area (Å²) >= 11 is 0. The van der Waals surface area contributed by atoms with E-state index in [1.165, 1.54) is 0 Å². The molecule has 2 aromatic rings. The van der Waals surface area contributed by atoms with Gasteiger partial charge < -0.3 is 15.2 Å². The summed E-state index contributed by atoms with van der Waals surface area (Å²) in [6.45, 7) is 2.23. The van der Waals surface area contributed by atoms with Crippen molar-refractivity contribution in [3.05, 3.63) is 47.5 Å². The fraction of sp³-hybridized carbons (Fsp3) is 0.286. The Hall–Kier alpha value is -2.88. The monoisotopic (exact) mass is 284 g/mol. The average molecular weight is 284 g/mol. The van der Waals surface area contributed by atoms with Gasteiger partial charge in [0.05, 0.1) is 17.7 Å². The number of benzene rings is 1. The number of urea groups is 1. The molecule has 0 saturated carbocycles. The van der Waals surface area contributed by atoms with Crippen LogP contribution in [0.5, 0.6) is 0 Å². The Balaban J connectivity index is 1.84. The zero-order valence-corrected chi connectivity index (χ0v) is 11.9. The highest BCUT2D eigenvalue weighted by Crippen LogP contribution is 2.07. The van der Waals surface area contributed by atoms with E-state index >= 15 is 0 Å². The van der Waals surface area contributed by atoms with Gasteiger partial charge in [-0.3, -0.25) is 0 Å². The summed E-state index contributed by atoms with van der Waals surface area (Å²) < 4.78 is 1.76. The van der Waals surface area contributed by atoms with Crippen LogP contribution in [-0.4, -0.2) is 20.8 Å². The van der Waals surface area contributed by atoms with E-state index in [4.69, 9.17) is 5.26 Å². The van der Waals surface area contributed by atoms with E-state index in [0.29, 0.717) is 17.9 Å². The van der Waals surface area contributed by atoms with Gasteiger partial charge in [0.25, 0.3) is 0 Å². The molecule has 0 unspecified atom stereocenters. The number of nitriles is 1. The van der Waals surface area contributed by atoms with Crippen molar-refractivity contribution < 1.29 is 4.79 Å². The molecule has 1 heterocycles. The molecule has 7 nitrogen and oxygen atoms in total. The van der Waals surface area contributed by atoms with Gasteiger partial charge >= 0.3 is 6.03 Å². The second-order valence-electron chi connectivity index (χ2n) is 4.66. The van der Waals surface area contributed by atoms with Gasteiger partial charge in [-0.25, -0.2) is 4.79 Å². The highest BCUT2D eigenvalue weighted by atomic mass is 16.2. The van der Waals surface area contributed by atoms with E-state index in [0.717, 1.165) is 5.56 Å².